The summed E-state index contributed by atoms with van der Waals surface area (Å²) < 4.78 is 0. The van der Waals surface area contributed by atoms with Crippen LogP contribution in [-0.2, 0) is 0 Å². The Morgan fingerprint density at radius 2 is 1.79 bits per heavy atom. The average Bonchev–Trinajstić information content (AvgIpc) is 2.85. The monoisotopic (exact) mass is 196 g/mol. The van der Waals surface area contributed by atoms with Gasteiger partial charge in [-0.05, 0) is 43.1 Å². The summed E-state index contributed by atoms with van der Waals surface area (Å²) in [5, 5.41) is 7.16. The molecule has 1 saturated heterocycles. The molecule has 2 fully saturated rings. The topological polar surface area (TPSA) is 24.1 Å². The van der Waals surface area contributed by atoms with Crippen LogP contribution in [0.2, 0.25) is 0 Å². The highest BCUT2D eigenvalue weighted by molar-refractivity contribution is 4.91. The van der Waals surface area contributed by atoms with Gasteiger partial charge in [-0.2, -0.15) is 0 Å². The van der Waals surface area contributed by atoms with Gasteiger partial charge in [0.15, 0.2) is 0 Å². The quantitative estimate of drug-likeness (QED) is 0.716. The van der Waals surface area contributed by atoms with E-state index >= 15 is 0 Å². The van der Waals surface area contributed by atoms with E-state index in [2.05, 4.69) is 24.5 Å². The second kappa shape index (κ2) is 3.82. The van der Waals surface area contributed by atoms with E-state index in [0.29, 0.717) is 10.8 Å². The van der Waals surface area contributed by atoms with Gasteiger partial charge in [-0.25, -0.2) is 0 Å². The lowest BCUT2D eigenvalue weighted by molar-refractivity contribution is 0.222. The summed E-state index contributed by atoms with van der Waals surface area (Å²) in [7, 11) is 0. The molecule has 2 rings (SSSR count). The first-order valence-electron chi connectivity index (χ1n) is 6.04. The lowest BCUT2D eigenvalue weighted by Crippen LogP contribution is -2.45. The molecule has 0 amide bonds. The van der Waals surface area contributed by atoms with Crippen LogP contribution < -0.4 is 10.6 Å². The third-order valence-corrected chi connectivity index (χ3v) is 3.89. The van der Waals surface area contributed by atoms with E-state index in [-0.39, 0.29) is 0 Å². The first-order valence-corrected chi connectivity index (χ1v) is 6.04. The summed E-state index contributed by atoms with van der Waals surface area (Å²) in [6.07, 6.45) is 5.57. The molecule has 1 unspecified atom stereocenters. The standard InChI is InChI=1S/C12H24N2/c1-11(5-6-11)8-14-10-12(2)4-3-7-13-9-12/h13-14H,3-10H2,1-2H3. The Hall–Kier alpha value is -0.0800. The van der Waals surface area contributed by atoms with Crippen molar-refractivity contribution >= 4 is 0 Å². The maximum absolute atomic E-state index is 3.66. The van der Waals surface area contributed by atoms with Crippen molar-refractivity contribution < 1.29 is 0 Å². The highest BCUT2D eigenvalue weighted by Gasteiger charge is 2.37. The number of rotatable bonds is 4. The Morgan fingerprint density at radius 1 is 1.07 bits per heavy atom. The van der Waals surface area contributed by atoms with Crippen LogP contribution in [0.4, 0.5) is 0 Å². The van der Waals surface area contributed by atoms with E-state index in [1.807, 2.05) is 0 Å². The molecule has 1 heterocycles. The summed E-state index contributed by atoms with van der Waals surface area (Å²) in [6, 6.07) is 0. The normalized spacial score (nSPS) is 35.6. The minimum absolute atomic E-state index is 0.503. The van der Waals surface area contributed by atoms with Gasteiger partial charge in [-0.3, -0.25) is 0 Å². The third kappa shape index (κ3) is 2.71. The van der Waals surface area contributed by atoms with E-state index in [9.17, 15) is 0 Å². The molecule has 2 aliphatic rings. The Kier molecular flexibility index (Phi) is 2.85. The molecule has 82 valence electrons. The van der Waals surface area contributed by atoms with Crippen LogP contribution in [0, 0.1) is 10.8 Å². The van der Waals surface area contributed by atoms with Gasteiger partial charge in [0.05, 0.1) is 0 Å². The summed E-state index contributed by atoms with van der Waals surface area (Å²) >= 11 is 0. The van der Waals surface area contributed by atoms with Crippen LogP contribution in [0.1, 0.15) is 39.5 Å². The molecule has 0 aromatic carbocycles. The van der Waals surface area contributed by atoms with Crippen LogP contribution in [0.3, 0.4) is 0 Å². The average molecular weight is 196 g/mol. The molecule has 0 aromatic rings. The zero-order chi connectivity index (χ0) is 10.1. The third-order valence-electron chi connectivity index (χ3n) is 3.89. The maximum atomic E-state index is 3.66. The van der Waals surface area contributed by atoms with Gasteiger partial charge in [0.2, 0.25) is 0 Å². The molecule has 1 atom stereocenters. The molecule has 0 radical (unpaired) electrons. The summed E-state index contributed by atoms with van der Waals surface area (Å²) in [5.74, 6) is 0. The van der Waals surface area contributed by atoms with Gasteiger partial charge < -0.3 is 10.6 Å². The number of nitrogens with one attached hydrogen (secondary N) is 2. The Morgan fingerprint density at radius 3 is 2.36 bits per heavy atom. The molecule has 2 N–H and O–H groups in total. The second-order valence-corrected chi connectivity index (χ2v) is 6.01. The molecule has 1 aliphatic heterocycles. The maximum Gasteiger partial charge on any atom is 0.00176 e. The molecular weight excluding hydrogens is 172 g/mol. The summed E-state index contributed by atoms with van der Waals surface area (Å²) in [4.78, 5) is 0. The minimum Gasteiger partial charge on any atom is -0.316 e. The Balaban J connectivity index is 1.67. The largest absolute Gasteiger partial charge is 0.316 e. The van der Waals surface area contributed by atoms with Gasteiger partial charge in [0.1, 0.15) is 0 Å². The minimum atomic E-state index is 0.503. The predicted octanol–water partition coefficient (Wildman–Crippen LogP) is 1.77. The van der Waals surface area contributed by atoms with Gasteiger partial charge in [-0.15, -0.1) is 0 Å². The molecule has 1 aliphatic carbocycles. The second-order valence-electron chi connectivity index (χ2n) is 6.01. The van der Waals surface area contributed by atoms with E-state index < -0.39 is 0 Å². The summed E-state index contributed by atoms with van der Waals surface area (Å²) in [5.41, 5.74) is 1.15. The van der Waals surface area contributed by atoms with Crippen molar-refractivity contribution in [2.45, 2.75) is 39.5 Å². The SMILES string of the molecule is CC1(CNCC2(C)CCCNC2)CC1. The fraction of sp³-hybridized carbons (Fsp3) is 1.00. The van der Waals surface area contributed by atoms with Crippen LogP contribution in [0.5, 0.6) is 0 Å². The molecular formula is C12H24N2. The fourth-order valence-electron chi connectivity index (χ4n) is 2.33. The van der Waals surface area contributed by atoms with Crippen molar-refractivity contribution in [3.05, 3.63) is 0 Å². The molecule has 0 bridgehead atoms. The van der Waals surface area contributed by atoms with Crippen LogP contribution in [-0.4, -0.2) is 26.2 Å². The smallest absolute Gasteiger partial charge is 0.00176 e. The van der Waals surface area contributed by atoms with E-state index in [1.54, 1.807) is 0 Å². The van der Waals surface area contributed by atoms with Crippen molar-refractivity contribution in [3.8, 4) is 0 Å². The number of hydrogen-bond acceptors (Lipinski definition) is 2. The van der Waals surface area contributed by atoms with E-state index in [0.717, 1.165) is 0 Å². The van der Waals surface area contributed by atoms with Crippen molar-refractivity contribution in [1.29, 1.82) is 0 Å². The zero-order valence-electron chi connectivity index (χ0n) is 9.66. The molecule has 0 spiro atoms. The Labute approximate surface area is 87.8 Å². The first-order chi connectivity index (χ1) is 6.62. The van der Waals surface area contributed by atoms with Crippen LogP contribution in [0.15, 0.2) is 0 Å². The fourth-order valence-corrected chi connectivity index (χ4v) is 2.33. The lowest BCUT2D eigenvalue weighted by Gasteiger charge is -2.34. The Bertz CT molecular complexity index is 190. The van der Waals surface area contributed by atoms with Gasteiger partial charge >= 0.3 is 0 Å². The summed E-state index contributed by atoms with van der Waals surface area (Å²) in [6.45, 7) is 9.62. The highest BCUT2D eigenvalue weighted by Crippen LogP contribution is 2.44. The predicted molar refractivity (Wildman–Crippen MR) is 60.4 cm³/mol. The zero-order valence-corrected chi connectivity index (χ0v) is 9.66. The van der Waals surface area contributed by atoms with Crippen molar-refractivity contribution in [2.24, 2.45) is 10.8 Å². The van der Waals surface area contributed by atoms with Crippen LogP contribution in [0.25, 0.3) is 0 Å². The number of hydrogen-bond donors (Lipinski definition) is 2. The first kappa shape index (κ1) is 10.4. The lowest BCUT2D eigenvalue weighted by atomic mass is 9.82. The van der Waals surface area contributed by atoms with E-state index in [1.165, 1.54) is 51.9 Å². The van der Waals surface area contributed by atoms with Crippen molar-refractivity contribution in [3.63, 3.8) is 0 Å². The molecule has 2 heteroatoms. The highest BCUT2D eigenvalue weighted by atomic mass is 14.9. The van der Waals surface area contributed by atoms with Gasteiger partial charge in [-0.1, -0.05) is 13.8 Å². The van der Waals surface area contributed by atoms with Gasteiger partial charge in [0.25, 0.3) is 0 Å². The van der Waals surface area contributed by atoms with E-state index in [4.69, 9.17) is 0 Å². The van der Waals surface area contributed by atoms with Crippen LogP contribution >= 0.6 is 0 Å². The number of piperidine rings is 1. The van der Waals surface area contributed by atoms with Gasteiger partial charge in [0, 0.05) is 19.6 Å². The van der Waals surface area contributed by atoms with Crippen molar-refractivity contribution in [1.82, 2.24) is 10.6 Å². The molecule has 2 nitrogen and oxygen atoms in total. The molecule has 0 aromatic heterocycles. The molecule has 14 heavy (non-hydrogen) atoms. The van der Waals surface area contributed by atoms with Crippen molar-refractivity contribution in [2.75, 3.05) is 26.2 Å². The molecule has 1 saturated carbocycles.